The van der Waals surface area contributed by atoms with Crippen molar-refractivity contribution in [2.45, 2.75) is 65.6 Å². The third-order valence-corrected chi connectivity index (χ3v) is 8.58. The van der Waals surface area contributed by atoms with E-state index < -0.39 is 5.60 Å². The van der Waals surface area contributed by atoms with Gasteiger partial charge in [-0.3, -0.25) is 14.6 Å². The lowest BCUT2D eigenvalue weighted by Gasteiger charge is -2.35. The Hall–Kier alpha value is -4.70. The molecule has 0 bridgehead atoms. The fourth-order valence-electron chi connectivity index (χ4n) is 6.07. The first-order valence-corrected chi connectivity index (χ1v) is 15.8. The molecule has 0 fully saturated rings. The van der Waals surface area contributed by atoms with Gasteiger partial charge >= 0.3 is 6.09 Å². The minimum Gasteiger partial charge on any atom is -0.444 e. The van der Waals surface area contributed by atoms with E-state index in [9.17, 15) is 14.4 Å². The van der Waals surface area contributed by atoms with Gasteiger partial charge in [0.2, 0.25) is 0 Å². The van der Waals surface area contributed by atoms with Crippen molar-refractivity contribution < 1.29 is 19.1 Å². The number of anilines is 1. The van der Waals surface area contributed by atoms with Gasteiger partial charge in [0.1, 0.15) is 11.3 Å². The number of aryl methyl sites for hydroxylation is 1. The molecule has 0 spiro atoms. The van der Waals surface area contributed by atoms with E-state index >= 15 is 0 Å². The predicted octanol–water partition coefficient (Wildman–Crippen LogP) is 6.22. The van der Waals surface area contributed by atoms with Gasteiger partial charge in [0.05, 0.1) is 5.69 Å². The van der Waals surface area contributed by atoms with E-state index in [4.69, 9.17) is 16.3 Å². The second kappa shape index (κ2) is 12.2. The van der Waals surface area contributed by atoms with E-state index in [2.05, 4.69) is 22.3 Å². The summed E-state index contributed by atoms with van der Waals surface area (Å²) in [5.41, 5.74) is 5.82. The third kappa shape index (κ3) is 6.22. The van der Waals surface area contributed by atoms with Crippen molar-refractivity contribution in [2.24, 2.45) is 0 Å². The van der Waals surface area contributed by atoms with Crippen LogP contribution in [-0.4, -0.2) is 56.3 Å². The van der Waals surface area contributed by atoms with Crippen LogP contribution in [0, 0.1) is 6.92 Å². The first kappa shape index (κ1) is 31.3. The van der Waals surface area contributed by atoms with E-state index in [0.717, 1.165) is 22.3 Å². The van der Waals surface area contributed by atoms with E-state index in [1.807, 2.05) is 52.0 Å². The topological polar surface area (TPSA) is 110 Å². The molecule has 10 nitrogen and oxygen atoms in total. The molecule has 2 aromatic carbocycles. The number of pyridine rings is 1. The number of carbonyl (C=O) groups excluding carboxylic acids is 3. The van der Waals surface area contributed by atoms with Crippen LogP contribution in [0.5, 0.6) is 0 Å². The number of hydrogen-bond donors (Lipinski definition) is 1. The summed E-state index contributed by atoms with van der Waals surface area (Å²) < 4.78 is 7.16. The van der Waals surface area contributed by atoms with E-state index in [1.165, 1.54) is 4.68 Å². The van der Waals surface area contributed by atoms with Gasteiger partial charge in [0.15, 0.2) is 5.69 Å². The van der Waals surface area contributed by atoms with Gasteiger partial charge in [-0.1, -0.05) is 30.7 Å². The molecular formula is C35H37ClN6O4. The van der Waals surface area contributed by atoms with Crippen molar-refractivity contribution in [1.82, 2.24) is 25.0 Å². The summed E-state index contributed by atoms with van der Waals surface area (Å²) in [7, 11) is 0. The zero-order valence-electron chi connectivity index (χ0n) is 26.6. The Bertz CT molecular complexity index is 1840. The lowest BCUT2D eigenvalue weighted by molar-refractivity contribution is 0.0208. The van der Waals surface area contributed by atoms with Crippen LogP contribution >= 0.6 is 11.6 Å². The van der Waals surface area contributed by atoms with Gasteiger partial charge in [0, 0.05) is 54.8 Å². The molecule has 2 aliphatic heterocycles. The van der Waals surface area contributed by atoms with Crippen molar-refractivity contribution in [3.8, 4) is 5.69 Å². The first-order valence-electron chi connectivity index (χ1n) is 15.4. The van der Waals surface area contributed by atoms with Crippen molar-refractivity contribution in [2.75, 3.05) is 18.0 Å². The quantitative estimate of drug-likeness (QED) is 0.278. The smallest absolute Gasteiger partial charge is 0.410 e. The second-order valence-electron chi connectivity index (χ2n) is 12.9. The highest BCUT2D eigenvalue weighted by Gasteiger charge is 2.36. The number of amides is 3. The summed E-state index contributed by atoms with van der Waals surface area (Å²) in [4.78, 5) is 48.4. The van der Waals surface area contributed by atoms with Crippen molar-refractivity contribution >= 4 is 35.2 Å². The Morgan fingerprint density at radius 2 is 1.91 bits per heavy atom. The predicted molar refractivity (Wildman–Crippen MR) is 176 cm³/mol. The molecular weight excluding hydrogens is 604 g/mol. The Kier molecular flexibility index (Phi) is 8.33. The molecule has 4 aromatic rings. The lowest BCUT2D eigenvalue weighted by Crippen LogP contribution is -2.41. The molecule has 0 unspecified atom stereocenters. The van der Waals surface area contributed by atoms with Gasteiger partial charge in [-0.25, -0.2) is 9.48 Å². The number of benzene rings is 2. The summed E-state index contributed by atoms with van der Waals surface area (Å²) >= 11 is 6.33. The summed E-state index contributed by atoms with van der Waals surface area (Å²) in [5.74, 6) is -0.537. The molecule has 0 saturated heterocycles. The van der Waals surface area contributed by atoms with Gasteiger partial charge in [-0.15, -0.1) is 0 Å². The molecule has 3 amide bonds. The fraction of sp³-hybridized carbons (Fsp3) is 0.343. The fourth-order valence-corrected chi connectivity index (χ4v) is 6.25. The number of ether oxygens (including phenoxy) is 1. The molecule has 0 saturated carbocycles. The molecule has 2 aromatic heterocycles. The second-order valence-corrected chi connectivity index (χ2v) is 13.3. The van der Waals surface area contributed by atoms with Crippen molar-refractivity contribution in [3.05, 3.63) is 105 Å². The van der Waals surface area contributed by atoms with E-state index in [1.54, 1.807) is 46.5 Å². The molecule has 238 valence electrons. The van der Waals surface area contributed by atoms with Gasteiger partial charge in [-0.05, 0) is 98.7 Å². The lowest BCUT2D eigenvalue weighted by atomic mass is 9.90. The van der Waals surface area contributed by atoms with Crippen LogP contribution < -0.4 is 10.2 Å². The number of rotatable bonds is 5. The Labute approximate surface area is 273 Å². The van der Waals surface area contributed by atoms with Crippen LogP contribution in [0.1, 0.15) is 82.4 Å². The zero-order chi connectivity index (χ0) is 32.7. The number of aromatic nitrogens is 3. The van der Waals surface area contributed by atoms with Crippen LogP contribution in [0.25, 0.3) is 5.69 Å². The number of hydrogen-bond acceptors (Lipinski definition) is 6. The standard InChI is InChI=1S/C35H37ClN6O4/c1-21-11-13-37-17-24(21)18-38-32(43)30-29-12-14-41(33(44)31(29)42(39-30)27-8-6-7-25(36)16-27)26-9-10-28-22(2)19-40(20-23(28)15-26)34(45)46-35(3,4)5/h6-11,13,15-17,22H,12,14,18-20H2,1-5H3,(H,38,43)/t22-/m0/s1. The van der Waals surface area contributed by atoms with Crippen LogP contribution in [0.4, 0.5) is 10.5 Å². The van der Waals surface area contributed by atoms with Crippen molar-refractivity contribution in [3.63, 3.8) is 0 Å². The van der Waals surface area contributed by atoms with Crippen LogP contribution in [0.15, 0.2) is 60.9 Å². The van der Waals surface area contributed by atoms with E-state index in [-0.39, 0.29) is 36.1 Å². The highest BCUT2D eigenvalue weighted by molar-refractivity contribution is 6.30. The Morgan fingerprint density at radius 1 is 1.11 bits per heavy atom. The highest BCUT2D eigenvalue weighted by atomic mass is 35.5. The maximum absolute atomic E-state index is 14.3. The van der Waals surface area contributed by atoms with Gasteiger partial charge in [0.25, 0.3) is 11.8 Å². The average molecular weight is 641 g/mol. The molecule has 1 N–H and O–H groups in total. The Balaban J connectivity index is 1.32. The molecule has 1 atom stereocenters. The van der Waals surface area contributed by atoms with Crippen molar-refractivity contribution in [1.29, 1.82) is 0 Å². The molecule has 11 heteroatoms. The first-order chi connectivity index (χ1) is 21.9. The van der Waals surface area contributed by atoms with E-state index in [0.29, 0.717) is 53.7 Å². The SMILES string of the molecule is Cc1ccncc1CNC(=O)c1nn(-c2cccc(Cl)c2)c2c1CCN(c1ccc3c(c1)CN(C(=O)OC(C)(C)C)C[C@@H]3C)C2=O. The third-order valence-electron chi connectivity index (χ3n) is 8.35. The molecule has 0 radical (unpaired) electrons. The highest BCUT2D eigenvalue weighted by Crippen LogP contribution is 2.35. The maximum atomic E-state index is 14.3. The Morgan fingerprint density at radius 3 is 2.65 bits per heavy atom. The van der Waals surface area contributed by atoms with Crippen LogP contribution in [0.2, 0.25) is 5.02 Å². The monoisotopic (exact) mass is 640 g/mol. The van der Waals surface area contributed by atoms with Crippen LogP contribution in [-0.2, 0) is 24.2 Å². The zero-order valence-corrected chi connectivity index (χ0v) is 27.4. The normalized spacial score (nSPS) is 16.1. The number of nitrogens with zero attached hydrogens (tertiary/aromatic N) is 5. The molecule has 0 aliphatic carbocycles. The molecule has 2 aliphatic rings. The molecule has 6 rings (SSSR count). The molecule has 4 heterocycles. The van der Waals surface area contributed by atoms with Crippen LogP contribution in [0.3, 0.4) is 0 Å². The maximum Gasteiger partial charge on any atom is 0.410 e. The number of carbonyl (C=O) groups is 3. The number of nitrogens with one attached hydrogen (secondary N) is 1. The molecule has 46 heavy (non-hydrogen) atoms. The van der Waals surface area contributed by atoms with Gasteiger partial charge in [-0.2, -0.15) is 5.10 Å². The number of halogens is 1. The number of fused-ring (bicyclic) bond motifs is 2. The average Bonchev–Trinajstić information content (AvgIpc) is 3.40. The summed E-state index contributed by atoms with van der Waals surface area (Å²) in [5, 5.41) is 8.12. The summed E-state index contributed by atoms with van der Waals surface area (Å²) in [6.07, 6.45) is 3.50. The summed E-state index contributed by atoms with van der Waals surface area (Å²) in [6.45, 7) is 11.2. The minimum absolute atomic E-state index is 0.106. The largest absolute Gasteiger partial charge is 0.444 e. The summed E-state index contributed by atoms with van der Waals surface area (Å²) in [6, 6.07) is 14.9. The van der Waals surface area contributed by atoms with Gasteiger partial charge < -0.3 is 19.9 Å². The minimum atomic E-state index is -0.597.